The van der Waals surface area contributed by atoms with Crippen molar-refractivity contribution in [2.24, 2.45) is 4.99 Å². The molecule has 0 fully saturated rings. The van der Waals surface area contributed by atoms with E-state index in [2.05, 4.69) is 61.4 Å². The van der Waals surface area contributed by atoms with Crippen molar-refractivity contribution in [3.63, 3.8) is 0 Å². The van der Waals surface area contributed by atoms with Crippen molar-refractivity contribution in [2.45, 2.75) is 66.0 Å². The van der Waals surface area contributed by atoms with Crippen LogP contribution in [0.15, 0.2) is 4.99 Å². The predicted octanol–water partition coefficient (Wildman–Crippen LogP) is 3.81. The zero-order chi connectivity index (χ0) is 16.8. The zero-order valence-electron chi connectivity index (χ0n) is 16.0. The summed E-state index contributed by atoms with van der Waals surface area (Å²) in [4.78, 5) is 7.21. The molecule has 0 atom stereocenters. The number of halogens is 1. The van der Waals surface area contributed by atoms with Gasteiger partial charge in [-0.15, -0.1) is 24.0 Å². The Morgan fingerprint density at radius 2 is 1.70 bits per heavy atom. The third-order valence-electron chi connectivity index (χ3n) is 3.58. The fourth-order valence-corrected chi connectivity index (χ4v) is 2.97. The number of thioether (sulfide) groups is 1. The highest BCUT2D eigenvalue weighted by Gasteiger charge is 2.12. The summed E-state index contributed by atoms with van der Waals surface area (Å²) in [6, 6.07) is 1.21. The standard InChI is InChI=1S/C17H38N4S.HI/c1-7-18-17(19-11-8-9-14-22-6)20-12-10-13-21(15(2)3)16(4)5;/h15-16H,7-14H2,1-6H3,(H2,18,19,20);1H. The van der Waals surface area contributed by atoms with E-state index in [9.17, 15) is 0 Å². The average molecular weight is 458 g/mol. The van der Waals surface area contributed by atoms with Crippen molar-refractivity contribution in [2.75, 3.05) is 38.2 Å². The fourth-order valence-electron chi connectivity index (χ4n) is 2.48. The number of nitrogens with zero attached hydrogens (tertiary/aromatic N) is 2. The minimum atomic E-state index is 0. The van der Waals surface area contributed by atoms with Gasteiger partial charge in [-0.2, -0.15) is 11.8 Å². The van der Waals surface area contributed by atoms with Crippen molar-refractivity contribution in [3.8, 4) is 0 Å². The molecule has 140 valence electrons. The molecule has 0 aromatic carbocycles. The van der Waals surface area contributed by atoms with Crippen LogP contribution in [-0.2, 0) is 0 Å². The summed E-state index contributed by atoms with van der Waals surface area (Å²) in [5.41, 5.74) is 0. The molecular formula is C17H39IN4S. The first-order valence-corrected chi connectivity index (χ1v) is 10.2. The van der Waals surface area contributed by atoms with Crippen LogP contribution in [0.3, 0.4) is 0 Å². The number of unbranched alkanes of at least 4 members (excludes halogenated alkanes) is 1. The molecule has 2 N–H and O–H groups in total. The molecule has 0 amide bonds. The minimum Gasteiger partial charge on any atom is -0.357 e. The van der Waals surface area contributed by atoms with Crippen LogP contribution in [0, 0.1) is 0 Å². The van der Waals surface area contributed by atoms with E-state index < -0.39 is 0 Å². The first kappa shape index (κ1) is 25.5. The van der Waals surface area contributed by atoms with Gasteiger partial charge in [-0.05, 0) is 65.9 Å². The zero-order valence-corrected chi connectivity index (χ0v) is 19.2. The number of nitrogens with one attached hydrogen (secondary N) is 2. The van der Waals surface area contributed by atoms with Gasteiger partial charge in [0.05, 0.1) is 0 Å². The van der Waals surface area contributed by atoms with Crippen LogP contribution in [0.5, 0.6) is 0 Å². The van der Waals surface area contributed by atoms with Gasteiger partial charge in [0.1, 0.15) is 0 Å². The molecule has 6 heteroatoms. The highest BCUT2D eigenvalue weighted by molar-refractivity contribution is 14.0. The Bertz CT molecular complexity index is 278. The summed E-state index contributed by atoms with van der Waals surface area (Å²) in [6.07, 6.45) is 5.75. The molecule has 0 radical (unpaired) electrons. The van der Waals surface area contributed by atoms with E-state index in [-0.39, 0.29) is 24.0 Å². The first-order chi connectivity index (χ1) is 10.5. The largest absolute Gasteiger partial charge is 0.357 e. The second-order valence-electron chi connectivity index (χ2n) is 6.17. The van der Waals surface area contributed by atoms with Crippen molar-refractivity contribution in [3.05, 3.63) is 0 Å². The van der Waals surface area contributed by atoms with Crippen molar-refractivity contribution in [1.29, 1.82) is 0 Å². The third-order valence-corrected chi connectivity index (χ3v) is 4.28. The lowest BCUT2D eigenvalue weighted by atomic mass is 10.2. The molecule has 0 bridgehead atoms. The smallest absolute Gasteiger partial charge is 0.191 e. The molecule has 0 aromatic rings. The van der Waals surface area contributed by atoms with Gasteiger partial charge in [0.15, 0.2) is 5.96 Å². The number of guanidine groups is 1. The summed E-state index contributed by atoms with van der Waals surface area (Å²) in [5.74, 6) is 2.21. The Morgan fingerprint density at radius 3 is 2.22 bits per heavy atom. The van der Waals surface area contributed by atoms with E-state index in [0.717, 1.165) is 38.6 Å². The Kier molecular flexibility index (Phi) is 19.0. The van der Waals surface area contributed by atoms with Gasteiger partial charge in [0, 0.05) is 38.3 Å². The molecule has 0 saturated heterocycles. The molecule has 0 heterocycles. The molecular weight excluding hydrogens is 419 g/mol. The molecule has 0 aliphatic rings. The Balaban J connectivity index is 0. The Labute approximate surface area is 166 Å². The quantitative estimate of drug-likeness (QED) is 0.202. The van der Waals surface area contributed by atoms with Crippen LogP contribution in [0.1, 0.15) is 53.9 Å². The van der Waals surface area contributed by atoms with Gasteiger partial charge >= 0.3 is 0 Å². The van der Waals surface area contributed by atoms with E-state index in [1.807, 2.05) is 11.8 Å². The summed E-state index contributed by atoms with van der Waals surface area (Å²) in [7, 11) is 0. The number of rotatable bonds is 12. The monoisotopic (exact) mass is 458 g/mol. The number of hydrogen-bond acceptors (Lipinski definition) is 3. The minimum absolute atomic E-state index is 0. The van der Waals surface area contributed by atoms with Crippen LogP contribution in [0.25, 0.3) is 0 Å². The molecule has 0 saturated carbocycles. The fraction of sp³-hybridized carbons (Fsp3) is 0.941. The van der Waals surface area contributed by atoms with Crippen LogP contribution in [0.2, 0.25) is 0 Å². The summed E-state index contributed by atoms with van der Waals surface area (Å²) in [5, 5.41) is 6.76. The summed E-state index contributed by atoms with van der Waals surface area (Å²) >= 11 is 1.92. The van der Waals surface area contributed by atoms with Gasteiger partial charge in [-0.1, -0.05) is 0 Å². The molecule has 23 heavy (non-hydrogen) atoms. The lowest BCUT2D eigenvalue weighted by Gasteiger charge is -2.30. The van der Waals surface area contributed by atoms with Gasteiger partial charge in [-0.3, -0.25) is 9.89 Å². The van der Waals surface area contributed by atoms with Gasteiger partial charge in [0.25, 0.3) is 0 Å². The second-order valence-corrected chi connectivity index (χ2v) is 7.15. The molecule has 0 rings (SSSR count). The maximum Gasteiger partial charge on any atom is 0.191 e. The van der Waals surface area contributed by atoms with E-state index in [4.69, 9.17) is 0 Å². The number of hydrogen-bond donors (Lipinski definition) is 2. The van der Waals surface area contributed by atoms with E-state index in [0.29, 0.717) is 12.1 Å². The Morgan fingerprint density at radius 1 is 1.04 bits per heavy atom. The maximum atomic E-state index is 4.68. The number of aliphatic imine (C=N–C) groups is 1. The SMILES string of the molecule is CCNC(=NCCCN(C(C)C)C(C)C)NCCCCSC.I. The summed E-state index contributed by atoms with van der Waals surface area (Å²) in [6.45, 7) is 15.1. The maximum absolute atomic E-state index is 4.68. The van der Waals surface area contributed by atoms with E-state index in [1.165, 1.54) is 18.6 Å². The lowest BCUT2D eigenvalue weighted by molar-refractivity contribution is 0.174. The van der Waals surface area contributed by atoms with Crippen LogP contribution in [-0.4, -0.2) is 61.1 Å². The highest BCUT2D eigenvalue weighted by atomic mass is 127. The molecule has 4 nitrogen and oxygen atoms in total. The van der Waals surface area contributed by atoms with Crippen molar-refractivity contribution < 1.29 is 0 Å². The molecule has 0 aliphatic carbocycles. The van der Waals surface area contributed by atoms with E-state index >= 15 is 0 Å². The highest BCUT2D eigenvalue weighted by Crippen LogP contribution is 2.05. The molecule has 0 aromatic heterocycles. The van der Waals surface area contributed by atoms with Crippen LogP contribution in [0.4, 0.5) is 0 Å². The normalized spacial score (nSPS) is 12.0. The first-order valence-electron chi connectivity index (χ1n) is 8.79. The van der Waals surface area contributed by atoms with Crippen LogP contribution < -0.4 is 10.6 Å². The van der Waals surface area contributed by atoms with Gasteiger partial charge < -0.3 is 10.6 Å². The molecule has 0 spiro atoms. The summed E-state index contributed by atoms with van der Waals surface area (Å²) < 4.78 is 0. The lowest BCUT2D eigenvalue weighted by Crippen LogP contribution is -2.39. The van der Waals surface area contributed by atoms with Crippen molar-refractivity contribution in [1.82, 2.24) is 15.5 Å². The molecule has 0 aliphatic heterocycles. The second kappa shape index (κ2) is 17.1. The predicted molar refractivity (Wildman–Crippen MR) is 119 cm³/mol. The third kappa shape index (κ3) is 14.4. The Hall–Kier alpha value is 0.310. The molecule has 0 unspecified atom stereocenters. The van der Waals surface area contributed by atoms with Crippen molar-refractivity contribution >= 4 is 41.7 Å². The van der Waals surface area contributed by atoms with E-state index in [1.54, 1.807) is 0 Å². The van der Waals surface area contributed by atoms with Crippen LogP contribution >= 0.6 is 35.7 Å². The van der Waals surface area contributed by atoms with Gasteiger partial charge in [-0.25, -0.2) is 0 Å². The average Bonchev–Trinajstić information content (AvgIpc) is 2.45. The van der Waals surface area contributed by atoms with Gasteiger partial charge in [0.2, 0.25) is 0 Å². The topological polar surface area (TPSA) is 39.7 Å².